The van der Waals surface area contributed by atoms with E-state index >= 15 is 0 Å². The van der Waals surface area contributed by atoms with Gasteiger partial charge in [-0.2, -0.15) is 22.0 Å². The maximum atomic E-state index is 13.4. The summed E-state index contributed by atoms with van der Waals surface area (Å²) >= 11 is 0. The fourth-order valence-electron chi connectivity index (χ4n) is 2.07. The van der Waals surface area contributed by atoms with Crippen LogP contribution in [0.4, 0.5) is 22.0 Å². The van der Waals surface area contributed by atoms with Gasteiger partial charge in [-0.15, -0.1) is 0 Å². The molecule has 0 saturated heterocycles. The largest absolute Gasteiger partial charge is 0.455 e. The van der Waals surface area contributed by atoms with Gasteiger partial charge in [-0.1, -0.05) is 6.07 Å². The molecular formula is C13H16F5N. The van der Waals surface area contributed by atoms with E-state index < -0.39 is 18.1 Å². The highest BCUT2D eigenvalue weighted by Crippen LogP contribution is 2.45. The molecule has 0 aromatic heterocycles. The Hall–Kier alpha value is -1.17. The number of alkyl halides is 5. The van der Waals surface area contributed by atoms with E-state index in [2.05, 4.69) is 0 Å². The molecular weight excluding hydrogens is 265 g/mol. The Labute approximate surface area is 108 Å². The summed E-state index contributed by atoms with van der Waals surface area (Å²) < 4.78 is 64.0. The van der Waals surface area contributed by atoms with Gasteiger partial charge in [0.15, 0.2) is 0 Å². The maximum absolute atomic E-state index is 13.4. The molecule has 108 valence electrons. The van der Waals surface area contributed by atoms with Crippen LogP contribution in [0.25, 0.3) is 0 Å². The molecule has 1 rings (SSSR count). The molecule has 1 aromatic carbocycles. The lowest BCUT2D eigenvalue weighted by Gasteiger charge is -2.29. The topological polar surface area (TPSA) is 26.0 Å². The van der Waals surface area contributed by atoms with Crippen LogP contribution < -0.4 is 5.73 Å². The standard InChI is InChI=1S/C13H16F5N/c1-6-5-7(2)9(4)10(8(6)3)11(19)12(14,15)13(16,17)18/h5,11H,19H2,1-4H3. The zero-order valence-electron chi connectivity index (χ0n) is 11.1. The van der Waals surface area contributed by atoms with Crippen molar-refractivity contribution in [2.75, 3.05) is 0 Å². The summed E-state index contributed by atoms with van der Waals surface area (Å²) in [7, 11) is 0. The van der Waals surface area contributed by atoms with Crippen molar-refractivity contribution < 1.29 is 22.0 Å². The van der Waals surface area contributed by atoms with Gasteiger partial charge in [0.05, 0.1) is 0 Å². The Kier molecular flexibility index (Phi) is 3.96. The second kappa shape index (κ2) is 4.74. The monoisotopic (exact) mass is 281 g/mol. The van der Waals surface area contributed by atoms with Gasteiger partial charge in [-0.3, -0.25) is 0 Å². The molecule has 2 N–H and O–H groups in total. The first-order chi connectivity index (χ1) is 8.41. The molecule has 0 bridgehead atoms. The molecule has 0 aliphatic rings. The van der Waals surface area contributed by atoms with Crippen molar-refractivity contribution in [3.8, 4) is 0 Å². The van der Waals surface area contributed by atoms with Crippen molar-refractivity contribution in [1.29, 1.82) is 0 Å². The third-order valence-corrected chi connectivity index (χ3v) is 3.50. The van der Waals surface area contributed by atoms with E-state index in [1.807, 2.05) is 0 Å². The van der Waals surface area contributed by atoms with Crippen molar-refractivity contribution in [2.45, 2.75) is 45.8 Å². The third-order valence-electron chi connectivity index (χ3n) is 3.50. The predicted molar refractivity (Wildman–Crippen MR) is 63.3 cm³/mol. The summed E-state index contributed by atoms with van der Waals surface area (Å²) in [5.74, 6) is -4.96. The summed E-state index contributed by atoms with van der Waals surface area (Å²) in [6.45, 7) is 6.32. The smallest absolute Gasteiger partial charge is 0.319 e. The van der Waals surface area contributed by atoms with Crippen molar-refractivity contribution >= 4 is 0 Å². The summed E-state index contributed by atoms with van der Waals surface area (Å²) in [5, 5.41) is 0. The molecule has 1 unspecified atom stereocenters. The van der Waals surface area contributed by atoms with E-state index in [-0.39, 0.29) is 5.56 Å². The van der Waals surface area contributed by atoms with E-state index in [1.54, 1.807) is 19.9 Å². The molecule has 1 atom stereocenters. The van der Waals surface area contributed by atoms with Crippen molar-refractivity contribution in [3.63, 3.8) is 0 Å². The average Bonchev–Trinajstić information content (AvgIpc) is 2.25. The molecule has 0 aliphatic heterocycles. The van der Waals surface area contributed by atoms with Crippen LogP contribution in [0.1, 0.15) is 33.9 Å². The number of aryl methyl sites for hydroxylation is 2. The highest BCUT2D eigenvalue weighted by molar-refractivity contribution is 5.46. The van der Waals surface area contributed by atoms with Crippen LogP contribution in [0.3, 0.4) is 0 Å². The number of nitrogens with two attached hydrogens (primary N) is 1. The van der Waals surface area contributed by atoms with Crippen LogP contribution >= 0.6 is 0 Å². The Balaban J connectivity index is 3.47. The third kappa shape index (κ3) is 2.59. The van der Waals surface area contributed by atoms with Gasteiger partial charge in [-0.05, 0) is 55.5 Å². The minimum absolute atomic E-state index is 0.125. The predicted octanol–water partition coefficient (Wildman–Crippen LogP) is 4.12. The van der Waals surface area contributed by atoms with Crippen molar-refractivity contribution in [3.05, 3.63) is 33.9 Å². The molecule has 0 amide bonds. The summed E-state index contributed by atoms with van der Waals surface area (Å²) in [5.41, 5.74) is 7.14. The Morgan fingerprint density at radius 2 is 1.26 bits per heavy atom. The Bertz CT molecular complexity index is 465. The molecule has 0 heterocycles. The van der Waals surface area contributed by atoms with Crippen LogP contribution in [-0.2, 0) is 0 Å². The van der Waals surface area contributed by atoms with Crippen molar-refractivity contribution in [1.82, 2.24) is 0 Å². The molecule has 6 heteroatoms. The number of rotatable bonds is 2. The van der Waals surface area contributed by atoms with Gasteiger partial charge in [0.25, 0.3) is 0 Å². The number of hydrogen-bond acceptors (Lipinski definition) is 1. The zero-order valence-corrected chi connectivity index (χ0v) is 11.1. The summed E-state index contributed by atoms with van der Waals surface area (Å²) in [6, 6.07) is -0.654. The van der Waals surface area contributed by atoms with Gasteiger partial charge >= 0.3 is 12.1 Å². The normalized spacial score (nSPS) is 14.6. The lowest BCUT2D eigenvalue weighted by atomic mass is 9.87. The first-order valence-electron chi connectivity index (χ1n) is 5.68. The second-order valence-corrected chi connectivity index (χ2v) is 4.77. The Morgan fingerprint density at radius 3 is 1.58 bits per heavy atom. The minimum atomic E-state index is -5.66. The van der Waals surface area contributed by atoms with Gasteiger partial charge in [0.1, 0.15) is 6.04 Å². The fourth-order valence-corrected chi connectivity index (χ4v) is 2.07. The van der Waals surface area contributed by atoms with Crippen molar-refractivity contribution in [2.24, 2.45) is 5.73 Å². The summed E-state index contributed by atoms with van der Waals surface area (Å²) in [4.78, 5) is 0. The number of halogens is 5. The molecule has 0 saturated carbocycles. The van der Waals surface area contributed by atoms with Crippen LogP contribution in [0.5, 0.6) is 0 Å². The van der Waals surface area contributed by atoms with E-state index in [9.17, 15) is 22.0 Å². The molecule has 1 aromatic rings. The van der Waals surface area contributed by atoms with Gasteiger partial charge < -0.3 is 5.73 Å². The minimum Gasteiger partial charge on any atom is -0.319 e. The molecule has 0 aliphatic carbocycles. The van der Waals surface area contributed by atoms with E-state index in [1.165, 1.54) is 13.8 Å². The number of hydrogen-bond donors (Lipinski definition) is 1. The van der Waals surface area contributed by atoms with Crippen LogP contribution in [0.2, 0.25) is 0 Å². The quantitative estimate of drug-likeness (QED) is 0.811. The molecule has 19 heavy (non-hydrogen) atoms. The van der Waals surface area contributed by atoms with E-state index in [0.717, 1.165) is 0 Å². The molecule has 0 radical (unpaired) electrons. The molecule has 1 nitrogen and oxygen atoms in total. The lowest BCUT2D eigenvalue weighted by Crippen LogP contribution is -2.46. The lowest BCUT2D eigenvalue weighted by molar-refractivity contribution is -0.291. The highest BCUT2D eigenvalue weighted by atomic mass is 19.4. The average molecular weight is 281 g/mol. The van der Waals surface area contributed by atoms with Crippen LogP contribution in [-0.4, -0.2) is 12.1 Å². The van der Waals surface area contributed by atoms with Gasteiger partial charge in [-0.25, -0.2) is 0 Å². The van der Waals surface area contributed by atoms with Crippen LogP contribution in [0, 0.1) is 27.7 Å². The SMILES string of the molecule is Cc1cc(C)c(C)c(C(N)C(F)(F)C(F)(F)F)c1C. The number of benzene rings is 1. The first-order valence-corrected chi connectivity index (χ1v) is 5.68. The molecule has 0 fully saturated rings. The first kappa shape index (κ1) is 15.9. The van der Waals surface area contributed by atoms with Gasteiger partial charge in [0, 0.05) is 0 Å². The summed E-state index contributed by atoms with van der Waals surface area (Å²) in [6.07, 6.45) is -5.66. The fraction of sp³-hybridized carbons (Fsp3) is 0.538. The van der Waals surface area contributed by atoms with Gasteiger partial charge in [0.2, 0.25) is 0 Å². The molecule has 0 spiro atoms. The van der Waals surface area contributed by atoms with E-state index in [0.29, 0.717) is 22.3 Å². The highest BCUT2D eigenvalue weighted by Gasteiger charge is 2.62. The Morgan fingerprint density at radius 1 is 0.895 bits per heavy atom. The van der Waals surface area contributed by atoms with Crippen LogP contribution in [0.15, 0.2) is 6.07 Å². The second-order valence-electron chi connectivity index (χ2n) is 4.77. The maximum Gasteiger partial charge on any atom is 0.455 e. The van der Waals surface area contributed by atoms with E-state index in [4.69, 9.17) is 5.73 Å². The zero-order chi connectivity index (χ0) is 15.2.